The first-order valence-electron chi connectivity index (χ1n) is 11.1. The Hall–Kier alpha value is -3.22. The van der Waals surface area contributed by atoms with Gasteiger partial charge in [0.25, 0.3) is 0 Å². The van der Waals surface area contributed by atoms with Crippen molar-refractivity contribution in [3.05, 3.63) is 54.0 Å². The molecule has 1 N–H and O–H groups in total. The number of rotatable bonds is 10. The van der Waals surface area contributed by atoms with Crippen molar-refractivity contribution in [2.45, 2.75) is 44.6 Å². The number of amides is 2. The van der Waals surface area contributed by atoms with Crippen molar-refractivity contribution in [3.63, 3.8) is 0 Å². The number of aryl methyl sites for hydroxylation is 1. The number of piperidine rings is 1. The van der Waals surface area contributed by atoms with Crippen LogP contribution in [0.15, 0.2) is 47.1 Å². The van der Waals surface area contributed by atoms with E-state index in [4.69, 9.17) is 13.9 Å². The van der Waals surface area contributed by atoms with Crippen molar-refractivity contribution in [1.29, 1.82) is 0 Å². The van der Waals surface area contributed by atoms with Gasteiger partial charge in [-0.15, -0.1) is 0 Å². The lowest BCUT2D eigenvalue weighted by Crippen LogP contribution is -2.45. The number of benzene rings is 1. The van der Waals surface area contributed by atoms with Crippen LogP contribution in [0.3, 0.4) is 0 Å². The van der Waals surface area contributed by atoms with Gasteiger partial charge in [-0.2, -0.15) is 0 Å². The molecule has 1 fully saturated rings. The van der Waals surface area contributed by atoms with Gasteiger partial charge >= 0.3 is 0 Å². The van der Waals surface area contributed by atoms with Crippen molar-refractivity contribution in [2.24, 2.45) is 0 Å². The fourth-order valence-corrected chi connectivity index (χ4v) is 4.04. The van der Waals surface area contributed by atoms with Crippen LogP contribution in [-0.2, 0) is 16.0 Å². The summed E-state index contributed by atoms with van der Waals surface area (Å²) in [4.78, 5) is 26.8. The molecule has 1 unspecified atom stereocenters. The molecule has 3 rings (SSSR count). The Morgan fingerprint density at radius 1 is 1.19 bits per heavy atom. The molecule has 0 spiro atoms. The Morgan fingerprint density at radius 3 is 2.78 bits per heavy atom. The van der Waals surface area contributed by atoms with Crippen molar-refractivity contribution in [3.8, 4) is 11.5 Å². The summed E-state index contributed by atoms with van der Waals surface area (Å²) < 4.78 is 15.9. The van der Waals surface area contributed by atoms with Crippen LogP contribution in [0.5, 0.6) is 11.5 Å². The summed E-state index contributed by atoms with van der Waals surface area (Å²) in [5, 5.41) is 2.77. The van der Waals surface area contributed by atoms with E-state index in [2.05, 4.69) is 5.32 Å². The summed E-state index contributed by atoms with van der Waals surface area (Å²) in [5.74, 6) is 1.90. The first-order chi connectivity index (χ1) is 15.6. The molecule has 172 valence electrons. The second-order valence-electron chi connectivity index (χ2n) is 7.85. The Morgan fingerprint density at radius 2 is 2.03 bits per heavy atom. The second-order valence-corrected chi connectivity index (χ2v) is 7.85. The van der Waals surface area contributed by atoms with E-state index < -0.39 is 0 Å². The van der Waals surface area contributed by atoms with Crippen LogP contribution >= 0.6 is 0 Å². The Labute approximate surface area is 189 Å². The number of furan rings is 1. The zero-order valence-corrected chi connectivity index (χ0v) is 18.8. The zero-order valence-electron chi connectivity index (χ0n) is 18.8. The second kappa shape index (κ2) is 12.0. The molecule has 2 amide bonds. The summed E-state index contributed by atoms with van der Waals surface area (Å²) in [5.41, 5.74) is 1.16. The van der Waals surface area contributed by atoms with Crippen LogP contribution < -0.4 is 14.8 Å². The monoisotopic (exact) mass is 440 g/mol. The van der Waals surface area contributed by atoms with E-state index >= 15 is 0 Å². The Kier molecular flexibility index (Phi) is 8.78. The third-order valence-corrected chi connectivity index (χ3v) is 5.74. The van der Waals surface area contributed by atoms with Crippen molar-refractivity contribution in [1.82, 2.24) is 10.2 Å². The number of nitrogens with zero attached hydrogens (tertiary/aromatic N) is 1. The molecule has 32 heavy (non-hydrogen) atoms. The highest BCUT2D eigenvalue weighted by atomic mass is 16.5. The molecule has 1 aliphatic rings. The lowest BCUT2D eigenvalue weighted by molar-refractivity contribution is -0.135. The van der Waals surface area contributed by atoms with Gasteiger partial charge in [0, 0.05) is 31.6 Å². The first kappa shape index (κ1) is 23.4. The van der Waals surface area contributed by atoms with E-state index in [-0.39, 0.29) is 17.9 Å². The fraction of sp³-hybridized carbons (Fsp3) is 0.440. The van der Waals surface area contributed by atoms with E-state index in [1.807, 2.05) is 23.1 Å². The quantitative estimate of drug-likeness (QED) is 0.568. The van der Waals surface area contributed by atoms with Gasteiger partial charge < -0.3 is 24.1 Å². The molecule has 1 aromatic carbocycles. The van der Waals surface area contributed by atoms with Gasteiger partial charge in [-0.3, -0.25) is 9.59 Å². The molecule has 2 heterocycles. The third kappa shape index (κ3) is 6.64. The van der Waals surface area contributed by atoms with Gasteiger partial charge in [0.2, 0.25) is 11.8 Å². The number of ether oxygens (including phenoxy) is 2. The smallest absolute Gasteiger partial charge is 0.244 e. The highest BCUT2D eigenvalue weighted by Crippen LogP contribution is 2.29. The van der Waals surface area contributed by atoms with Gasteiger partial charge in [-0.1, -0.05) is 6.07 Å². The van der Waals surface area contributed by atoms with E-state index in [9.17, 15) is 9.59 Å². The minimum absolute atomic E-state index is 0.0947. The molecular formula is C25H32N2O5. The number of hydrogen-bond acceptors (Lipinski definition) is 5. The predicted octanol–water partition coefficient (Wildman–Crippen LogP) is 3.83. The normalized spacial score (nSPS) is 16.2. The van der Waals surface area contributed by atoms with Gasteiger partial charge in [0.15, 0.2) is 11.5 Å². The number of carbonyl (C=O) groups excluding carboxylic acids is 2. The number of hydrogen-bond donors (Lipinski definition) is 1. The molecule has 1 aromatic heterocycles. The largest absolute Gasteiger partial charge is 0.493 e. The summed E-state index contributed by atoms with van der Waals surface area (Å²) >= 11 is 0. The summed E-state index contributed by atoms with van der Waals surface area (Å²) in [7, 11) is 3.26. The molecule has 7 nitrogen and oxygen atoms in total. The minimum atomic E-state index is -0.238. The van der Waals surface area contributed by atoms with Crippen molar-refractivity contribution < 1.29 is 23.5 Å². The zero-order chi connectivity index (χ0) is 22.8. The first-order valence-corrected chi connectivity index (χ1v) is 11.1. The minimum Gasteiger partial charge on any atom is -0.493 e. The molecule has 0 bridgehead atoms. The maximum atomic E-state index is 12.8. The van der Waals surface area contributed by atoms with Crippen molar-refractivity contribution in [2.75, 3.05) is 27.3 Å². The van der Waals surface area contributed by atoms with Crippen LogP contribution in [0.4, 0.5) is 0 Å². The van der Waals surface area contributed by atoms with E-state index in [0.29, 0.717) is 24.5 Å². The molecule has 0 saturated carbocycles. The molecule has 1 atom stereocenters. The number of nitrogens with one attached hydrogen (secondary N) is 1. The lowest BCUT2D eigenvalue weighted by atomic mass is 9.95. The highest BCUT2D eigenvalue weighted by Gasteiger charge is 2.26. The van der Waals surface area contributed by atoms with Crippen LogP contribution in [0, 0.1) is 0 Å². The maximum absolute atomic E-state index is 12.8. The SMILES string of the molecule is COc1ccc(CCC2CCCCN2C(=O)CCNC(=O)/C=C/c2ccco2)cc1OC. The van der Waals surface area contributed by atoms with Crippen molar-refractivity contribution >= 4 is 17.9 Å². The fourth-order valence-electron chi connectivity index (χ4n) is 4.04. The van der Waals surface area contributed by atoms with Crippen LogP contribution in [0.1, 0.15) is 43.4 Å². The molecule has 1 saturated heterocycles. The number of methoxy groups -OCH3 is 2. The summed E-state index contributed by atoms with van der Waals surface area (Å²) in [6.07, 6.45) is 9.80. The Balaban J connectivity index is 1.47. The molecule has 0 radical (unpaired) electrons. The van der Waals surface area contributed by atoms with Crippen LogP contribution in [0.2, 0.25) is 0 Å². The maximum Gasteiger partial charge on any atom is 0.244 e. The number of carbonyl (C=O) groups is 2. The van der Waals surface area contributed by atoms with Gasteiger partial charge in [-0.25, -0.2) is 0 Å². The van der Waals surface area contributed by atoms with Crippen LogP contribution in [0.25, 0.3) is 6.08 Å². The average molecular weight is 441 g/mol. The van der Waals surface area contributed by atoms with E-state index in [0.717, 1.165) is 50.0 Å². The molecule has 1 aliphatic heterocycles. The van der Waals surface area contributed by atoms with Gasteiger partial charge in [-0.05, 0) is 68.0 Å². The molecule has 0 aliphatic carbocycles. The topological polar surface area (TPSA) is 81.0 Å². The standard InChI is InChI=1S/C25H32N2O5/c1-30-22-12-9-19(18-23(22)31-2)8-10-20-6-3-4-16-27(20)25(29)14-15-26-24(28)13-11-21-7-5-17-32-21/h5,7,9,11-13,17-18,20H,3-4,6,8,10,14-16H2,1-2H3,(H,26,28)/b13-11+. The average Bonchev–Trinajstić information content (AvgIpc) is 3.35. The summed E-state index contributed by atoms with van der Waals surface area (Å²) in [6.45, 7) is 1.10. The predicted molar refractivity (Wildman–Crippen MR) is 123 cm³/mol. The van der Waals surface area contributed by atoms with Crippen LogP contribution in [-0.4, -0.2) is 50.1 Å². The van der Waals surface area contributed by atoms with E-state index in [1.165, 1.54) is 6.08 Å². The third-order valence-electron chi connectivity index (χ3n) is 5.74. The van der Waals surface area contributed by atoms with E-state index in [1.54, 1.807) is 38.7 Å². The number of likely N-dealkylation sites (tertiary alicyclic amines) is 1. The molecule has 7 heteroatoms. The van der Waals surface area contributed by atoms with Gasteiger partial charge in [0.1, 0.15) is 5.76 Å². The lowest BCUT2D eigenvalue weighted by Gasteiger charge is -2.36. The molecular weight excluding hydrogens is 408 g/mol. The van der Waals surface area contributed by atoms with Gasteiger partial charge in [0.05, 0.1) is 20.5 Å². The summed E-state index contributed by atoms with van der Waals surface area (Å²) in [6, 6.07) is 9.71. The highest BCUT2D eigenvalue weighted by molar-refractivity contribution is 5.91. The molecule has 2 aromatic rings. The Bertz CT molecular complexity index is 907.